The van der Waals surface area contributed by atoms with E-state index < -0.39 is 0 Å². The van der Waals surface area contributed by atoms with Crippen LogP contribution in [0, 0.1) is 0 Å². The third-order valence-electron chi connectivity index (χ3n) is 4.11. The molecule has 2 aromatic rings. The highest BCUT2D eigenvalue weighted by molar-refractivity contribution is 5.74. The predicted molar refractivity (Wildman–Crippen MR) is 94.8 cm³/mol. The Kier molecular flexibility index (Phi) is 5.37. The van der Waals surface area contributed by atoms with Crippen LogP contribution in [0.4, 0.5) is 10.6 Å². The fraction of sp³-hybridized carbons (Fsp3) is 0.471. The van der Waals surface area contributed by atoms with Gasteiger partial charge in [-0.1, -0.05) is 0 Å². The molecule has 134 valence electrons. The van der Waals surface area contributed by atoms with E-state index in [2.05, 4.69) is 15.3 Å². The second kappa shape index (κ2) is 7.87. The van der Waals surface area contributed by atoms with Gasteiger partial charge < -0.3 is 24.4 Å². The summed E-state index contributed by atoms with van der Waals surface area (Å²) in [5.74, 6) is 1.55. The maximum Gasteiger partial charge on any atom is 0.317 e. The molecule has 8 nitrogen and oxygen atoms in total. The Balaban J connectivity index is 1.47. The Morgan fingerprint density at radius 3 is 3.08 bits per heavy atom. The Bertz CT molecular complexity index is 688. The summed E-state index contributed by atoms with van der Waals surface area (Å²) in [6.07, 6.45) is 7.89. The van der Waals surface area contributed by atoms with Gasteiger partial charge in [0.05, 0.1) is 12.9 Å². The molecule has 1 saturated heterocycles. The molecule has 2 aromatic heterocycles. The standard InChI is InChI=1S/C17H24N6O2/c1-21(2)16-15(4-3-6-19-16)25-14-5-9-23(12-14)17(24)20-8-11-22-10-7-18-13-22/h3-4,6-7,10,13-14H,5,8-9,11-12H2,1-2H3,(H,20,24)/t14-/m1/s1. The number of nitrogens with zero attached hydrogens (tertiary/aromatic N) is 5. The van der Waals surface area contributed by atoms with Crippen molar-refractivity contribution in [3.63, 3.8) is 0 Å². The zero-order valence-corrected chi connectivity index (χ0v) is 14.6. The van der Waals surface area contributed by atoms with E-state index in [4.69, 9.17) is 4.74 Å². The van der Waals surface area contributed by atoms with E-state index in [-0.39, 0.29) is 12.1 Å². The highest BCUT2D eigenvalue weighted by Gasteiger charge is 2.28. The molecular formula is C17H24N6O2. The third-order valence-corrected chi connectivity index (χ3v) is 4.11. The molecule has 0 bridgehead atoms. The lowest BCUT2D eigenvalue weighted by Gasteiger charge is -2.20. The van der Waals surface area contributed by atoms with E-state index in [1.54, 1.807) is 23.6 Å². The number of likely N-dealkylation sites (tertiary alicyclic amines) is 1. The number of ether oxygens (including phenoxy) is 1. The van der Waals surface area contributed by atoms with Crippen molar-refractivity contribution < 1.29 is 9.53 Å². The van der Waals surface area contributed by atoms with Gasteiger partial charge in [-0.3, -0.25) is 0 Å². The molecule has 3 rings (SSSR count). The second-order valence-electron chi connectivity index (χ2n) is 6.23. The van der Waals surface area contributed by atoms with Gasteiger partial charge >= 0.3 is 6.03 Å². The summed E-state index contributed by atoms with van der Waals surface area (Å²) in [5, 5.41) is 2.94. The molecule has 0 aromatic carbocycles. The fourth-order valence-corrected chi connectivity index (χ4v) is 2.82. The highest BCUT2D eigenvalue weighted by Crippen LogP contribution is 2.26. The minimum Gasteiger partial charge on any atom is -0.485 e. The average molecular weight is 344 g/mol. The van der Waals surface area contributed by atoms with Crippen LogP contribution in [0.2, 0.25) is 0 Å². The molecule has 25 heavy (non-hydrogen) atoms. The molecule has 0 saturated carbocycles. The number of imidazole rings is 1. The van der Waals surface area contributed by atoms with Gasteiger partial charge in [0, 0.05) is 58.7 Å². The van der Waals surface area contributed by atoms with E-state index in [1.807, 2.05) is 41.9 Å². The van der Waals surface area contributed by atoms with Gasteiger partial charge in [0.2, 0.25) is 0 Å². The lowest BCUT2D eigenvalue weighted by atomic mass is 10.3. The number of aromatic nitrogens is 3. The smallest absolute Gasteiger partial charge is 0.317 e. The van der Waals surface area contributed by atoms with Crippen LogP contribution in [0.25, 0.3) is 0 Å². The zero-order chi connectivity index (χ0) is 17.6. The normalized spacial score (nSPS) is 16.7. The molecule has 1 fully saturated rings. The molecule has 0 radical (unpaired) electrons. The summed E-state index contributed by atoms with van der Waals surface area (Å²) >= 11 is 0. The Hall–Kier alpha value is -2.77. The summed E-state index contributed by atoms with van der Waals surface area (Å²) in [6, 6.07) is 3.72. The second-order valence-corrected chi connectivity index (χ2v) is 6.23. The van der Waals surface area contributed by atoms with Crippen molar-refractivity contribution in [2.45, 2.75) is 19.1 Å². The number of amides is 2. The molecule has 1 aliphatic heterocycles. The van der Waals surface area contributed by atoms with E-state index in [9.17, 15) is 4.79 Å². The van der Waals surface area contributed by atoms with Crippen LogP contribution in [0.5, 0.6) is 5.75 Å². The zero-order valence-electron chi connectivity index (χ0n) is 14.6. The van der Waals surface area contributed by atoms with Crippen LogP contribution >= 0.6 is 0 Å². The van der Waals surface area contributed by atoms with Crippen molar-refractivity contribution in [1.29, 1.82) is 0 Å². The van der Waals surface area contributed by atoms with Gasteiger partial charge in [0.1, 0.15) is 6.10 Å². The van der Waals surface area contributed by atoms with E-state index >= 15 is 0 Å². The van der Waals surface area contributed by atoms with Crippen LogP contribution < -0.4 is 15.0 Å². The third kappa shape index (κ3) is 4.40. The number of carbonyl (C=O) groups excluding carboxylic acids is 1. The van der Waals surface area contributed by atoms with Crippen LogP contribution in [0.15, 0.2) is 37.1 Å². The van der Waals surface area contributed by atoms with E-state index in [0.717, 1.165) is 18.0 Å². The Morgan fingerprint density at radius 1 is 1.44 bits per heavy atom. The van der Waals surface area contributed by atoms with Gasteiger partial charge in [-0.25, -0.2) is 14.8 Å². The monoisotopic (exact) mass is 344 g/mol. The number of pyridine rings is 1. The molecule has 0 unspecified atom stereocenters. The van der Waals surface area contributed by atoms with Crippen LogP contribution in [-0.4, -0.2) is 65.3 Å². The Labute approximate surface area is 147 Å². The number of nitrogens with one attached hydrogen (secondary N) is 1. The number of carbonyl (C=O) groups is 1. The number of hydrogen-bond donors (Lipinski definition) is 1. The molecule has 0 aliphatic carbocycles. The quantitative estimate of drug-likeness (QED) is 0.852. The van der Waals surface area contributed by atoms with Crippen molar-refractivity contribution in [2.75, 3.05) is 38.6 Å². The van der Waals surface area contributed by atoms with Crippen LogP contribution in [0.3, 0.4) is 0 Å². The van der Waals surface area contributed by atoms with Gasteiger partial charge in [-0.05, 0) is 12.1 Å². The van der Waals surface area contributed by atoms with Crippen LogP contribution in [-0.2, 0) is 6.54 Å². The van der Waals surface area contributed by atoms with E-state index in [0.29, 0.717) is 26.2 Å². The molecule has 0 spiro atoms. The summed E-state index contributed by atoms with van der Waals surface area (Å²) < 4.78 is 8.01. The summed E-state index contributed by atoms with van der Waals surface area (Å²) in [4.78, 5) is 24.3. The van der Waals surface area contributed by atoms with Gasteiger partial charge in [0.25, 0.3) is 0 Å². The highest BCUT2D eigenvalue weighted by atomic mass is 16.5. The fourth-order valence-electron chi connectivity index (χ4n) is 2.82. The minimum atomic E-state index is -0.0507. The van der Waals surface area contributed by atoms with Gasteiger partial charge in [0.15, 0.2) is 11.6 Å². The first kappa shape index (κ1) is 17.1. The number of anilines is 1. The van der Waals surface area contributed by atoms with E-state index in [1.165, 1.54) is 0 Å². The molecule has 2 amide bonds. The lowest BCUT2D eigenvalue weighted by Crippen LogP contribution is -2.40. The van der Waals surface area contributed by atoms with Crippen LogP contribution in [0.1, 0.15) is 6.42 Å². The summed E-state index contributed by atoms with van der Waals surface area (Å²) in [6.45, 7) is 2.56. The minimum absolute atomic E-state index is 0.0118. The SMILES string of the molecule is CN(C)c1ncccc1O[C@@H]1CCN(C(=O)NCCn2ccnc2)C1. The first-order valence-electron chi connectivity index (χ1n) is 8.41. The first-order valence-corrected chi connectivity index (χ1v) is 8.41. The lowest BCUT2D eigenvalue weighted by molar-refractivity contribution is 0.187. The molecule has 1 aliphatic rings. The van der Waals surface area contributed by atoms with Crippen molar-refractivity contribution in [1.82, 2.24) is 24.8 Å². The molecule has 1 atom stereocenters. The largest absolute Gasteiger partial charge is 0.485 e. The summed E-state index contributed by atoms with van der Waals surface area (Å²) in [5.41, 5.74) is 0. The van der Waals surface area contributed by atoms with Crippen molar-refractivity contribution in [3.8, 4) is 5.75 Å². The molecule has 8 heteroatoms. The molecule has 1 N–H and O–H groups in total. The van der Waals surface area contributed by atoms with Crippen molar-refractivity contribution in [3.05, 3.63) is 37.1 Å². The predicted octanol–water partition coefficient (Wildman–Crippen LogP) is 1.21. The topological polar surface area (TPSA) is 75.5 Å². The maximum absolute atomic E-state index is 12.3. The average Bonchev–Trinajstić information content (AvgIpc) is 3.27. The number of rotatable bonds is 6. The van der Waals surface area contributed by atoms with Gasteiger partial charge in [-0.2, -0.15) is 0 Å². The molecular weight excluding hydrogens is 320 g/mol. The summed E-state index contributed by atoms with van der Waals surface area (Å²) in [7, 11) is 3.87. The first-order chi connectivity index (χ1) is 12.1. The molecule has 3 heterocycles. The maximum atomic E-state index is 12.3. The van der Waals surface area contributed by atoms with Gasteiger partial charge in [-0.15, -0.1) is 0 Å². The van der Waals surface area contributed by atoms with Crippen molar-refractivity contribution >= 4 is 11.8 Å². The number of urea groups is 1. The Morgan fingerprint density at radius 2 is 2.32 bits per heavy atom. The number of hydrogen-bond acceptors (Lipinski definition) is 5. The van der Waals surface area contributed by atoms with Crippen molar-refractivity contribution in [2.24, 2.45) is 0 Å².